The van der Waals surface area contributed by atoms with Crippen molar-refractivity contribution in [1.29, 1.82) is 0 Å². The van der Waals surface area contributed by atoms with Crippen molar-refractivity contribution in [2.24, 2.45) is 11.7 Å². The molecule has 0 spiro atoms. The number of sulfonamides is 1. The molecule has 2 amide bonds. The van der Waals surface area contributed by atoms with Crippen molar-refractivity contribution in [3.63, 3.8) is 0 Å². The number of nitrogens with two attached hydrogens (primary N) is 1. The van der Waals surface area contributed by atoms with Crippen LogP contribution in [0.3, 0.4) is 0 Å². The van der Waals surface area contributed by atoms with E-state index in [1.807, 2.05) is 0 Å². The Bertz CT molecular complexity index is 778. The third kappa shape index (κ3) is 4.68. The number of rotatable bonds is 5. The summed E-state index contributed by atoms with van der Waals surface area (Å²) in [5.41, 5.74) is 5.46. The first kappa shape index (κ1) is 19.8. The van der Waals surface area contributed by atoms with Crippen LogP contribution in [0.4, 0.5) is 0 Å². The van der Waals surface area contributed by atoms with Crippen LogP contribution in [0.5, 0.6) is 0 Å². The molecule has 0 atom stereocenters. The Morgan fingerprint density at radius 1 is 0.963 bits per heavy atom. The fraction of sp³-hybridized carbons (Fsp3) is 0.579. The van der Waals surface area contributed by atoms with Crippen LogP contribution in [-0.4, -0.2) is 43.7 Å². The molecule has 1 aromatic rings. The molecule has 3 N–H and O–H groups in total. The van der Waals surface area contributed by atoms with Crippen molar-refractivity contribution in [2.45, 2.75) is 55.9 Å². The molecule has 3 rings (SSSR count). The average Bonchev–Trinajstić information content (AvgIpc) is 2.69. The van der Waals surface area contributed by atoms with Gasteiger partial charge in [-0.1, -0.05) is 19.3 Å². The van der Waals surface area contributed by atoms with Crippen molar-refractivity contribution in [1.82, 2.24) is 9.62 Å². The first-order chi connectivity index (χ1) is 12.9. The standard InChI is InChI=1S/C19H27N3O4S/c20-18(23)14-6-8-17(9-7-14)27(25,26)22-12-10-15(11-13-22)19(24)21-16-4-2-1-3-5-16/h6-9,15-16H,1-5,10-13H2,(H2,20,23)(H,21,24). The van der Waals surface area contributed by atoms with E-state index in [0.29, 0.717) is 25.9 Å². The maximum absolute atomic E-state index is 12.8. The van der Waals surface area contributed by atoms with Crippen LogP contribution >= 0.6 is 0 Å². The summed E-state index contributed by atoms with van der Waals surface area (Å²) in [4.78, 5) is 23.7. The van der Waals surface area contributed by atoms with Crippen molar-refractivity contribution in [2.75, 3.05) is 13.1 Å². The van der Waals surface area contributed by atoms with Crippen LogP contribution in [0.15, 0.2) is 29.2 Å². The molecule has 1 heterocycles. The van der Waals surface area contributed by atoms with Crippen molar-refractivity contribution in [3.05, 3.63) is 29.8 Å². The molecule has 148 valence electrons. The van der Waals surface area contributed by atoms with Crippen LogP contribution in [-0.2, 0) is 14.8 Å². The first-order valence-corrected chi connectivity index (χ1v) is 11.0. The van der Waals surface area contributed by atoms with Crippen LogP contribution < -0.4 is 11.1 Å². The molecular formula is C19H27N3O4S. The van der Waals surface area contributed by atoms with Gasteiger partial charge in [0, 0.05) is 30.6 Å². The van der Waals surface area contributed by atoms with Gasteiger partial charge in [0.2, 0.25) is 21.8 Å². The molecule has 1 aliphatic heterocycles. The topological polar surface area (TPSA) is 110 Å². The van der Waals surface area contributed by atoms with Gasteiger partial charge in [-0.15, -0.1) is 0 Å². The van der Waals surface area contributed by atoms with Gasteiger partial charge in [-0.05, 0) is 49.9 Å². The van der Waals surface area contributed by atoms with E-state index < -0.39 is 15.9 Å². The zero-order valence-corrected chi connectivity index (χ0v) is 16.2. The molecule has 0 radical (unpaired) electrons. The Balaban J connectivity index is 1.57. The van der Waals surface area contributed by atoms with E-state index in [9.17, 15) is 18.0 Å². The summed E-state index contributed by atoms with van der Waals surface area (Å²) < 4.78 is 27.0. The maximum Gasteiger partial charge on any atom is 0.248 e. The largest absolute Gasteiger partial charge is 0.366 e. The molecular weight excluding hydrogens is 366 g/mol. The predicted molar refractivity (Wildman–Crippen MR) is 101 cm³/mol. The molecule has 1 saturated carbocycles. The highest BCUT2D eigenvalue weighted by Crippen LogP contribution is 2.25. The fourth-order valence-corrected chi connectivity index (χ4v) is 5.33. The van der Waals surface area contributed by atoms with Crippen LogP contribution in [0.2, 0.25) is 0 Å². The highest BCUT2D eigenvalue weighted by molar-refractivity contribution is 7.89. The van der Waals surface area contributed by atoms with Crippen molar-refractivity contribution in [3.8, 4) is 0 Å². The number of hydrogen-bond donors (Lipinski definition) is 2. The summed E-state index contributed by atoms with van der Waals surface area (Å²) in [5.74, 6) is -0.663. The molecule has 0 unspecified atom stereocenters. The zero-order chi connectivity index (χ0) is 19.4. The molecule has 7 nitrogen and oxygen atoms in total. The summed E-state index contributed by atoms with van der Waals surface area (Å²) in [6, 6.07) is 5.91. The van der Waals surface area contributed by atoms with Crippen LogP contribution in [0, 0.1) is 5.92 Å². The first-order valence-electron chi connectivity index (χ1n) is 9.58. The van der Waals surface area contributed by atoms with Gasteiger partial charge in [0.05, 0.1) is 4.90 Å². The minimum absolute atomic E-state index is 0.0600. The summed E-state index contributed by atoms with van der Waals surface area (Å²) in [5, 5.41) is 3.14. The molecule has 1 aliphatic carbocycles. The minimum Gasteiger partial charge on any atom is -0.366 e. The Labute approximate surface area is 160 Å². The van der Waals surface area contributed by atoms with Gasteiger partial charge in [0.25, 0.3) is 0 Å². The third-order valence-corrected chi connectivity index (χ3v) is 7.47. The van der Waals surface area contributed by atoms with Gasteiger partial charge in [-0.3, -0.25) is 9.59 Å². The highest BCUT2D eigenvalue weighted by Gasteiger charge is 2.32. The maximum atomic E-state index is 12.8. The second-order valence-electron chi connectivity index (χ2n) is 7.41. The number of carbonyl (C=O) groups excluding carboxylic acids is 2. The summed E-state index contributed by atoms with van der Waals surface area (Å²) >= 11 is 0. The summed E-state index contributed by atoms with van der Waals surface area (Å²) in [7, 11) is -3.63. The number of amides is 2. The van der Waals surface area contributed by atoms with Gasteiger partial charge in [-0.25, -0.2) is 8.42 Å². The smallest absolute Gasteiger partial charge is 0.248 e. The number of nitrogens with zero attached hydrogens (tertiary/aromatic N) is 1. The molecule has 0 aromatic heterocycles. The van der Waals surface area contributed by atoms with Gasteiger partial charge in [0.1, 0.15) is 0 Å². The van der Waals surface area contributed by atoms with E-state index in [2.05, 4.69) is 5.32 Å². The normalized spacial score (nSPS) is 20.3. The zero-order valence-electron chi connectivity index (χ0n) is 15.4. The Morgan fingerprint density at radius 3 is 2.11 bits per heavy atom. The lowest BCUT2D eigenvalue weighted by atomic mass is 9.93. The predicted octanol–water partition coefficient (Wildman–Crippen LogP) is 1.64. The van der Waals surface area contributed by atoms with E-state index in [-0.39, 0.29) is 28.3 Å². The molecule has 1 saturated heterocycles. The lowest BCUT2D eigenvalue weighted by Crippen LogP contribution is -2.45. The lowest BCUT2D eigenvalue weighted by Gasteiger charge is -2.32. The molecule has 2 aliphatic rings. The van der Waals surface area contributed by atoms with Gasteiger partial charge in [-0.2, -0.15) is 4.31 Å². The minimum atomic E-state index is -3.63. The highest BCUT2D eigenvalue weighted by atomic mass is 32.2. The van der Waals surface area contributed by atoms with E-state index in [1.54, 1.807) is 0 Å². The lowest BCUT2D eigenvalue weighted by molar-refractivity contribution is -0.127. The van der Waals surface area contributed by atoms with Crippen LogP contribution in [0.25, 0.3) is 0 Å². The molecule has 2 fully saturated rings. The summed E-state index contributed by atoms with van der Waals surface area (Å²) in [6.45, 7) is 0.644. The quantitative estimate of drug-likeness (QED) is 0.792. The van der Waals surface area contributed by atoms with Gasteiger partial charge in [0.15, 0.2) is 0 Å². The Hall–Kier alpha value is -1.93. The molecule has 8 heteroatoms. The second kappa shape index (κ2) is 8.39. The Kier molecular flexibility index (Phi) is 6.16. The Morgan fingerprint density at radius 2 is 1.56 bits per heavy atom. The number of carbonyl (C=O) groups is 2. The number of hydrogen-bond acceptors (Lipinski definition) is 4. The second-order valence-corrected chi connectivity index (χ2v) is 9.35. The van der Waals surface area contributed by atoms with Gasteiger partial charge >= 0.3 is 0 Å². The van der Waals surface area contributed by atoms with Crippen LogP contribution in [0.1, 0.15) is 55.3 Å². The number of nitrogens with one attached hydrogen (secondary N) is 1. The summed E-state index contributed by atoms with van der Waals surface area (Å²) in [6.07, 6.45) is 6.70. The fourth-order valence-electron chi connectivity index (χ4n) is 3.86. The third-order valence-electron chi connectivity index (χ3n) is 5.55. The van der Waals surface area contributed by atoms with E-state index in [4.69, 9.17) is 5.73 Å². The number of primary amides is 1. The van der Waals surface area contributed by atoms with Crippen molar-refractivity contribution < 1.29 is 18.0 Å². The van der Waals surface area contributed by atoms with E-state index in [0.717, 1.165) is 25.7 Å². The number of piperidine rings is 1. The van der Waals surface area contributed by atoms with E-state index >= 15 is 0 Å². The van der Waals surface area contributed by atoms with Crippen molar-refractivity contribution >= 4 is 21.8 Å². The molecule has 1 aromatic carbocycles. The number of benzene rings is 1. The monoisotopic (exact) mass is 393 g/mol. The van der Waals surface area contributed by atoms with Gasteiger partial charge < -0.3 is 11.1 Å². The average molecular weight is 394 g/mol. The molecule has 0 bridgehead atoms. The molecule has 27 heavy (non-hydrogen) atoms. The SMILES string of the molecule is NC(=O)c1ccc(S(=O)(=O)N2CCC(C(=O)NC3CCCCC3)CC2)cc1. The van der Waals surface area contributed by atoms with E-state index in [1.165, 1.54) is 35.0 Å².